The molecule has 0 amide bonds. The van der Waals surface area contributed by atoms with Gasteiger partial charge in [-0.1, -0.05) is 54.6 Å². The number of nitrogens with zero attached hydrogens (tertiary/aromatic N) is 1. The van der Waals surface area contributed by atoms with Crippen molar-refractivity contribution < 1.29 is 14.3 Å². The van der Waals surface area contributed by atoms with E-state index in [4.69, 9.17) is 14.9 Å². The SMILES string of the molecule is COc1cc(C2CC(=O)C(=N)c3n[nH]cc32)ccc1Oc1ccccc1Cc1ccccc1. The number of nitrogens with one attached hydrogen (secondary N) is 2. The number of carbonyl (C=O) groups excluding carboxylic acids is 1. The van der Waals surface area contributed by atoms with Crippen molar-refractivity contribution in [1.29, 1.82) is 5.41 Å². The van der Waals surface area contributed by atoms with Gasteiger partial charge in [-0.05, 0) is 34.9 Å². The van der Waals surface area contributed by atoms with Gasteiger partial charge in [0.05, 0.1) is 7.11 Å². The zero-order chi connectivity index (χ0) is 22.8. The predicted octanol–water partition coefficient (Wildman–Crippen LogP) is 5.27. The minimum absolute atomic E-state index is 0.0376. The summed E-state index contributed by atoms with van der Waals surface area (Å²) in [7, 11) is 1.60. The summed E-state index contributed by atoms with van der Waals surface area (Å²) in [6.45, 7) is 0. The highest BCUT2D eigenvalue weighted by molar-refractivity contribution is 6.45. The van der Waals surface area contributed by atoms with E-state index >= 15 is 0 Å². The summed E-state index contributed by atoms with van der Waals surface area (Å²) in [5, 5.41) is 14.9. The molecule has 0 saturated heterocycles. The molecule has 0 saturated carbocycles. The van der Waals surface area contributed by atoms with Crippen LogP contribution >= 0.6 is 0 Å². The summed E-state index contributed by atoms with van der Waals surface area (Å²) >= 11 is 0. The number of para-hydroxylation sites is 1. The molecule has 0 bridgehead atoms. The Hall–Kier alpha value is -4.19. The zero-order valence-corrected chi connectivity index (χ0v) is 18.2. The van der Waals surface area contributed by atoms with Crippen LogP contribution in [0.5, 0.6) is 17.2 Å². The molecule has 1 heterocycles. The number of aromatic amines is 1. The second kappa shape index (κ2) is 8.74. The van der Waals surface area contributed by atoms with Gasteiger partial charge in [0, 0.05) is 30.5 Å². The first-order chi connectivity index (χ1) is 16.1. The number of carbonyl (C=O) groups is 1. The summed E-state index contributed by atoms with van der Waals surface area (Å²) in [4.78, 5) is 12.4. The van der Waals surface area contributed by atoms with Crippen LogP contribution in [0.15, 0.2) is 79.0 Å². The maximum atomic E-state index is 12.4. The lowest BCUT2D eigenvalue weighted by Crippen LogP contribution is -2.25. The summed E-state index contributed by atoms with van der Waals surface area (Å²) in [6, 6.07) is 24.0. The van der Waals surface area contributed by atoms with Crippen LogP contribution in [0, 0.1) is 5.41 Å². The minimum atomic E-state index is -0.214. The molecule has 1 aliphatic rings. The third-order valence-corrected chi connectivity index (χ3v) is 5.97. The molecule has 0 fully saturated rings. The van der Waals surface area contributed by atoms with Crippen LogP contribution in [0.25, 0.3) is 0 Å². The maximum absolute atomic E-state index is 12.4. The quantitative estimate of drug-likeness (QED) is 0.430. The first kappa shape index (κ1) is 20.7. The highest BCUT2D eigenvalue weighted by atomic mass is 16.5. The summed E-state index contributed by atoms with van der Waals surface area (Å²) < 4.78 is 11.9. The molecule has 1 atom stereocenters. The van der Waals surface area contributed by atoms with Gasteiger partial charge in [0.25, 0.3) is 0 Å². The number of hydrogen-bond acceptors (Lipinski definition) is 5. The Labute approximate surface area is 191 Å². The van der Waals surface area contributed by atoms with Crippen LogP contribution in [-0.4, -0.2) is 28.8 Å². The first-order valence-corrected chi connectivity index (χ1v) is 10.8. The lowest BCUT2D eigenvalue weighted by molar-refractivity contribution is -0.113. The van der Waals surface area contributed by atoms with Gasteiger partial charge >= 0.3 is 0 Å². The third-order valence-electron chi connectivity index (χ3n) is 5.97. The number of hydrogen-bond donors (Lipinski definition) is 2. The number of fused-ring (bicyclic) bond motifs is 1. The van der Waals surface area contributed by atoms with Crippen molar-refractivity contribution in [3.63, 3.8) is 0 Å². The standard InChI is InChI=1S/C27H23N3O3/c1-32-25-14-18(20-15-22(31)26(28)27-21(20)16-29-30-27)11-12-24(25)33-23-10-6-5-9-19(23)13-17-7-3-2-4-8-17/h2-12,14,16,20,28H,13,15H2,1H3,(H,29,30). The van der Waals surface area contributed by atoms with E-state index in [0.29, 0.717) is 17.2 Å². The molecule has 1 aliphatic carbocycles. The number of rotatable bonds is 6. The van der Waals surface area contributed by atoms with Crippen molar-refractivity contribution in [3.8, 4) is 17.2 Å². The lowest BCUT2D eigenvalue weighted by atomic mass is 9.80. The molecule has 0 spiro atoms. The van der Waals surface area contributed by atoms with Crippen LogP contribution in [0.4, 0.5) is 0 Å². The van der Waals surface area contributed by atoms with Crippen LogP contribution in [-0.2, 0) is 11.2 Å². The minimum Gasteiger partial charge on any atom is -0.493 e. The van der Waals surface area contributed by atoms with Crippen molar-refractivity contribution >= 4 is 11.5 Å². The number of benzene rings is 3. The molecule has 164 valence electrons. The van der Waals surface area contributed by atoms with Gasteiger partial charge < -0.3 is 9.47 Å². The fraction of sp³-hybridized carbons (Fsp3) is 0.148. The zero-order valence-electron chi connectivity index (χ0n) is 18.2. The van der Waals surface area contributed by atoms with Crippen LogP contribution in [0.1, 0.15) is 40.3 Å². The van der Waals surface area contributed by atoms with Crippen molar-refractivity contribution in [3.05, 3.63) is 107 Å². The Balaban J connectivity index is 1.45. The van der Waals surface area contributed by atoms with Crippen molar-refractivity contribution in [2.75, 3.05) is 7.11 Å². The van der Waals surface area contributed by atoms with E-state index in [1.165, 1.54) is 5.56 Å². The van der Waals surface area contributed by atoms with Gasteiger partial charge in [-0.2, -0.15) is 5.10 Å². The summed E-state index contributed by atoms with van der Waals surface area (Å²) in [5.74, 6) is 1.55. The van der Waals surface area contributed by atoms with E-state index in [2.05, 4.69) is 28.4 Å². The molecule has 5 rings (SSSR count). The average Bonchev–Trinajstić information content (AvgIpc) is 3.34. The van der Waals surface area contributed by atoms with E-state index in [0.717, 1.165) is 28.9 Å². The van der Waals surface area contributed by atoms with E-state index in [1.54, 1.807) is 13.3 Å². The highest BCUT2D eigenvalue weighted by Crippen LogP contribution is 2.40. The topological polar surface area (TPSA) is 88.1 Å². The average molecular weight is 437 g/mol. The molecule has 6 nitrogen and oxygen atoms in total. The lowest BCUT2D eigenvalue weighted by Gasteiger charge is -2.22. The summed E-state index contributed by atoms with van der Waals surface area (Å²) in [6.07, 6.45) is 2.75. The normalized spacial score (nSPS) is 15.2. The Morgan fingerprint density at radius 1 is 1.00 bits per heavy atom. The number of H-pyrrole nitrogens is 1. The number of methoxy groups -OCH3 is 1. The van der Waals surface area contributed by atoms with E-state index in [9.17, 15) is 4.79 Å². The monoisotopic (exact) mass is 437 g/mol. The fourth-order valence-corrected chi connectivity index (χ4v) is 4.26. The molecule has 0 radical (unpaired) electrons. The molecule has 6 heteroatoms. The fourth-order valence-electron chi connectivity index (χ4n) is 4.26. The number of ether oxygens (including phenoxy) is 2. The Morgan fingerprint density at radius 3 is 2.61 bits per heavy atom. The summed E-state index contributed by atoms with van der Waals surface area (Å²) in [5.41, 5.74) is 4.44. The Kier molecular flexibility index (Phi) is 5.48. The predicted molar refractivity (Wildman–Crippen MR) is 126 cm³/mol. The smallest absolute Gasteiger partial charge is 0.183 e. The third kappa shape index (κ3) is 4.03. The van der Waals surface area contributed by atoms with Gasteiger partial charge in [0.15, 0.2) is 17.3 Å². The van der Waals surface area contributed by atoms with Gasteiger partial charge in [-0.3, -0.25) is 15.3 Å². The first-order valence-electron chi connectivity index (χ1n) is 10.8. The second-order valence-corrected chi connectivity index (χ2v) is 8.03. The van der Waals surface area contributed by atoms with Crippen LogP contribution < -0.4 is 9.47 Å². The van der Waals surface area contributed by atoms with E-state index < -0.39 is 0 Å². The van der Waals surface area contributed by atoms with E-state index in [1.807, 2.05) is 54.6 Å². The molecule has 2 N–H and O–H groups in total. The molecule has 4 aromatic rings. The van der Waals surface area contributed by atoms with Crippen LogP contribution in [0.2, 0.25) is 0 Å². The van der Waals surface area contributed by atoms with Crippen molar-refractivity contribution in [2.45, 2.75) is 18.8 Å². The molecule has 3 aromatic carbocycles. The second-order valence-electron chi connectivity index (χ2n) is 8.03. The maximum Gasteiger partial charge on any atom is 0.183 e. The van der Waals surface area contributed by atoms with Gasteiger partial charge in [0.2, 0.25) is 0 Å². The molecular formula is C27H23N3O3. The van der Waals surface area contributed by atoms with Gasteiger partial charge in [-0.25, -0.2) is 0 Å². The Morgan fingerprint density at radius 2 is 1.79 bits per heavy atom. The Bertz CT molecular complexity index is 1330. The van der Waals surface area contributed by atoms with Crippen molar-refractivity contribution in [1.82, 2.24) is 10.2 Å². The molecule has 33 heavy (non-hydrogen) atoms. The van der Waals surface area contributed by atoms with E-state index in [-0.39, 0.29) is 23.8 Å². The largest absolute Gasteiger partial charge is 0.493 e. The van der Waals surface area contributed by atoms with Gasteiger partial charge in [-0.15, -0.1) is 0 Å². The molecule has 1 unspecified atom stereocenters. The molecule has 0 aliphatic heterocycles. The van der Waals surface area contributed by atoms with Crippen LogP contribution in [0.3, 0.4) is 0 Å². The van der Waals surface area contributed by atoms with Gasteiger partial charge in [0.1, 0.15) is 17.2 Å². The number of Topliss-reactive ketones (excluding diaryl/α,β-unsaturated/α-hetero) is 1. The molecule has 1 aromatic heterocycles. The van der Waals surface area contributed by atoms with Crippen molar-refractivity contribution in [2.24, 2.45) is 0 Å². The highest BCUT2D eigenvalue weighted by Gasteiger charge is 2.33. The number of ketones is 1. The number of aromatic nitrogens is 2. The molecular weight excluding hydrogens is 414 g/mol.